The summed E-state index contributed by atoms with van der Waals surface area (Å²) in [7, 11) is -3.21. The van der Waals surface area contributed by atoms with Gasteiger partial charge in [0.1, 0.15) is 6.10 Å². The Morgan fingerprint density at radius 2 is 1.90 bits per heavy atom. The minimum atomic E-state index is -3.21. The van der Waals surface area contributed by atoms with Gasteiger partial charge < -0.3 is 9.64 Å². The van der Waals surface area contributed by atoms with Gasteiger partial charge >= 0.3 is 0 Å². The van der Waals surface area contributed by atoms with E-state index < -0.39 is 10.0 Å². The van der Waals surface area contributed by atoms with E-state index in [0.717, 1.165) is 45.1 Å². The first-order valence-electron chi connectivity index (χ1n) is 7.81. The molecule has 0 radical (unpaired) electrons. The molecule has 0 aliphatic carbocycles. The smallest absolute Gasteiger partial charge is 0.251 e. The molecule has 3 rings (SSSR count). The highest BCUT2D eigenvalue weighted by atomic mass is 32.2. The number of carbonyl (C=O) groups excluding carboxylic acids is 1. The van der Waals surface area contributed by atoms with Crippen molar-refractivity contribution in [1.29, 1.82) is 0 Å². The largest absolute Gasteiger partial charge is 0.368 e. The molecule has 21 heavy (non-hydrogen) atoms. The Morgan fingerprint density at radius 1 is 1.19 bits per heavy atom. The molecule has 2 unspecified atom stereocenters. The molecular formula is C14H24N2O4S. The van der Waals surface area contributed by atoms with E-state index >= 15 is 0 Å². The van der Waals surface area contributed by atoms with Crippen molar-refractivity contribution in [3.63, 3.8) is 0 Å². The number of amides is 1. The van der Waals surface area contributed by atoms with Crippen molar-refractivity contribution < 1.29 is 17.9 Å². The quantitative estimate of drug-likeness (QED) is 0.747. The highest BCUT2D eigenvalue weighted by Crippen LogP contribution is 2.39. The first-order chi connectivity index (χ1) is 9.92. The van der Waals surface area contributed by atoms with Gasteiger partial charge in [0.25, 0.3) is 5.91 Å². The average Bonchev–Trinajstić information content (AvgIpc) is 3.07. The van der Waals surface area contributed by atoms with Gasteiger partial charge in [-0.25, -0.2) is 8.42 Å². The van der Waals surface area contributed by atoms with Crippen molar-refractivity contribution in [2.75, 3.05) is 32.5 Å². The van der Waals surface area contributed by atoms with E-state index in [9.17, 15) is 13.2 Å². The van der Waals surface area contributed by atoms with Crippen molar-refractivity contribution in [2.45, 2.75) is 50.2 Å². The predicted octanol–water partition coefficient (Wildman–Crippen LogP) is 0.582. The highest BCUT2D eigenvalue weighted by Gasteiger charge is 2.49. The Morgan fingerprint density at radius 3 is 2.52 bits per heavy atom. The SMILES string of the molecule is CS(=O)(=O)N1CCCC12CCCN(C(=O)C1CCCO1)C2. The molecule has 1 spiro atoms. The first kappa shape index (κ1) is 15.2. The van der Waals surface area contributed by atoms with Gasteiger partial charge in [-0.2, -0.15) is 4.31 Å². The first-order valence-corrected chi connectivity index (χ1v) is 9.65. The minimum Gasteiger partial charge on any atom is -0.368 e. The second kappa shape index (κ2) is 5.52. The fourth-order valence-corrected chi connectivity index (χ4v) is 5.52. The molecule has 0 N–H and O–H groups in total. The van der Waals surface area contributed by atoms with Crippen molar-refractivity contribution >= 4 is 15.9 Å². The Bertz CT molecular complexity index is 515. The molecule has 3 heterocycles. The van der Waals surface area contributed by atoms with Gasteiger partial charge in [-0.3, -0.25) is 4.79 Å². The molecule has 7 heteroatoms. The van der Waals surface area contributed by atoms with Crippen molar-refractivity contribution in [3.05, 3.63) is 0 Å². The summed E-state index contributed by atoms with van der Waals surface area (Å²) in [4.78, 5) is 14.4. The van der Waals surface area contributed by atoms with Crippen molar-refractivity contribution in [1.82, 2.24) is 9.21 Å². The van der Waals surface area contributed by atoms with Crippen LogP contribution in [0.5, 0.6) is 0 Å². The minimum absolute atomic E-state index is 0.0481. The van der Waals surface area contributed by atoms with Gasteiger partial charge in [0, 0.05) is 26.2 Å². The van der Waals surface area contributed by atoms with E-state index in [-0.39, 0.29) is 17.6 Å². The van der Waals surface area contributed by atoms with Gasteiger partial charge in [0.05, 0.1) is 11.8 Å². The highest BCUT2D eigenvalue weighted by molar-refractivity contribution is 7.88. The molecule has 3 fully saturated rings. The molecule has 0 saturated carbocycles. The van der Waals surface area contributed by atoms with Crippen LogP contribution in [0.3, 0.4) is 0 Å². The lowest BCUT2D eigenvalue weighted by molar-refractivity contribution is -0.144. The third-order valence-corrected chi connectivity index (χ3v) is 6.38. The maximum absolute atomic E-state index is 12.5. The van der Waals surface area contributed by atoms with E-state index in [1.165, 1.54) is 6.26 Å². The molecule has 0 aromatic carbocycles. The molecule has 3 aliphatic heterocycles. The topological polar surface area (TPSA) is 66.9 Å². The van der Waals surface area contributed by atoms with E-state index in [1.54, 1.807) is 4.31 Å². The number of likely N-dealkylation sites (tertiary alicyclic amines) is 1. The standard InChI is InChI=1S/C14H24N2O4S/c1-21(18,19)16-9-4-7-14(16)6-3-8-15(11-14)13(17)12-5-2-10-20-12/h12H,2-11H2,1H3. The molecular weight excluding hydrogens is 292 g/mol. The number of ether oxygens (including phenoxy) is 1. The maximum Gasteiger partial charge on any atom is 0.251 e. The second-order valence-corrected chi connectivity index (χ2v) is 8.43. The van der Waals surface area contributed by atoms with Crippen molar-refractivity contribution in [2.24, 2.45) is 0 Å². The molecule has 0 bridgehead atoms. The van der Waals surface area contributed by atoms with Gasteiger partial charge in [-0.05, 0) is 38.5 Å². The Labute approximate surface area is 126 Å². The summed E-state index contributed by atoms with van der Waals surface area (Å²) >= 11 is 0. The Balaban J connectivity index is 1.77. The van der Waals surface area contributed by atoms with E-state index in [0.29, 0.717) is 19.7 Å². The summed E-state index contributed by atoms with van der Waals surface area (Å²) in [5.74, 6) is 0.0481. The van der Waals surface area contributed by atoms with Gasteiger partial charge in [-0.1, -0.05) is 0 Å². The average molecular weight is 316 g/mol. The van der Waals surface area contributed by atoms with Crippen molar-refractivity contribution in [3.8, 4) is 0 Å². The Hall–Kier alpha value is -0.660. The van der Waals surface area contributed by atoms with Crippen LogP contribution in [0.4, 0.5) is 0 Å². The summed E-state index contributed by atoms with van der Waals surface area (Å²) in [6.45, 7) is 2.49. The lowest BCUT2D eigenvalue weighted by Crippen LogP contribution is -2.59. The summed E-state index contributed by atoms with van der Waals surface area (Å²) in [6, 6.07) is 0. The second-order valence-electron chi connectivity index (χ2n) is 6.53. The zero-order valence-electron chi connectivity index (χ0n) is 12.6. The Kier molecular flexibility index (Phi) is 4.00. The molecule has 6 nitrogen and oxygen atoms in total. The lowest BCUT2D eigenvalue weighted by atomic mass is 9.87. The van der Waals surface area contributed by atoms with Gasteiger partial charge in [0.2, 0.25) is 10.0 Å². The van der Waals surface area contributed by atoms with E-state index in [4.69, 9.17) is 4.74 Å². The third kappa shape index (κ3) is 2.83. The molecule has 0 aromatic rings. The van der Waals surface area contributed by atoms with E-state index in [1.807, 2.05) is 4.90 Å². The zero-order valence-corrected chi connectivity index (χ0v) is 13.4. The number of sulfonamides is 1. The van der Waals surface area contributed by atoms with Crippen LogP contribution < -0.4 is 0 Å². The number of hydrogen-bond donors (Lipinski definition) is 0. The van der Waals surface area contributed by atoms with Crippen LogP contribution in [0.25, 0.3) is 0 Å². The van der Waals surface area contributed by atoms with Crippen LogP contribution in [0.15, 0.2) is 0 Å². The fourth-order valence-electron chi connectivity index (χ4n) is 4.12. The molecule has 1 amide bonds. The normalized spacial score (nSPS) is 34.7. The molecule has 3 aliphatic rings. The van der Waals surface area contributed by atoms with Crippen LogP contribution in [0.2, 0.25) is 0 Å². The van der Waals surface area contributed by atoms with Gasteiger partial charge in [-0.15, -0.1) is 0 Å². The summed E-state index contributed by atoms with van der Waals surface area (Å²) in [5, 5.41) is 0. The molecule has 120 valence electrons. The lowest BCUT2D eigenvalue weighted by Gasteiger charge is -2.45. The summed E-state index contributed by atoms with van der Waals surface area (Å²) in [6.07, 6.45) is 6.15. The number of hydrogen-bond acceptors (Lipinski definition) is 4. The van der Waals surface area contributed by atoms with Crippen LogP contribution in [-0.2, 0) is 19.6 Å². The van der Waals surface area contributed by atoms with E-state index in [2.05, 4.69) is 0 Å². The number of rotatable bonds is 2. The zero-order chi connectivity index (χ0) is 15.1. The summed E-state index contributed by atoms with van der Waals surface area (Å²) < 4.78 is 31.2. The van der Waals surface area contributed by atoms with Crippen LogP contribution >= 0.6 is 0 Å². The fraction of sp³-hybridized carbons (Fsp3) is 0.929. The molecule has 3 saturated heterocycles. The van der Waals surface area contributed by atoms with Crippen LogP contribution in [0.1, 0.15) is 38.5 Å². The van der Waals surface area contributed by atoms with Crippen LogP contribution in [0, 0.1) is 0 Å². The molecule has 0 aromatic heterocycles. The monoisotopic (exact) mass is 316 g/mol. The maximum atomic E-state index is 12.5. The van der Waals surface area contributed by atoms with Crippen LogP contribution in [-0.4, -0.2) is 67.7 Å². The van der Waals surface area contributed by atoms with Gasteiger partial charge in [0.15, 0.2) is 0 Å². The summed E-state index contributed by atoms with van der Waals surface area (Å²) in [5.41, 5.74) is -0.375. The third-order valence-electron chi connectivity index (χ3n) is 5.00. The number of piperidine rings is 1. The number of carbonyl (C=O) groups is 1. The molecule has 2 atom stereocenters. The number of nitrogens with zero attached hydrogens (tertiary/aromatic N) is 2. The predicted molar refractivity (Wildman–Crippen MR) is 78.3 cm³/mol.